The van der Waals surface area contributed by atoms with Crippen molar-refractivity contribution in [1.29, 1.82) is 0 Å². The van der Waals surface area contributed by atoms with Crippen LogP contribution in [0.15, 0.2) is 34.2 Å². The maximum atomic E-state index is 11.7. The minimum atomic E-state index is -0.156. The molecule has 0 aliphatic heterocycles. The molecule has 0 amide bonds. The Morgan fingerprint density at radius 3 is 2.74 bits per heavy atom. The summed E-state index contributed by atoms with van der Waals surface area (Å²) in [4.78, 5) is 18.7. The van der Waals surface area contributed by atoms with E-state index in [4.69, 9.17) is 0 Å². The summed E-state index contributed by atoms with van der Waals surface area (Å²) in [6, 6.07) is 8.18. The molecule has 0 fully saturated rings. The Morgan fingerprint density at radius 1 is 1.26 bits per heavy atom. The second kappa shape index (κ2) is 5.72. The predicted octanol–water partition coefficient (Wildman–Crippen LogP) is 2.63. The first kappa shape index (κ1) is 15.0. The van der Waals surface area contributed by atoms with Gasteiger partial charge in [-0.1, -0.05) is 18.2 Å². The molecule has 118 valence electrons. The molecule has 6 nitrogen and oxygen atoms in total. The number of rotatable bonds is 3. The molecule has 0 aliphatic carbocycles. The summed E-state index contributed by atoms with van der Waals surface area (Å²) in [5, 5.41) is 5.37. The number of nitrogens with one attached hydrogen (secondary N) is 2. The molecule has 3 aromatic rings. The van der Waals surface area contributed by atoms with Gasteiger partial charge in [-0.2, -0.15) is 5.10 Å². The first-order valence-electron chi connectivity index (χ1n) is 7.39. The minimum absolute atomic E-state index is 0.156. The van der Waals surface area contributed by atoms with Crippen molar-refractivity contribution >= 4 is 23.1 Å². The van der Waals surface area contributed by atoms with E-state index in [-0.39, 0.29) is 5.56 Å². The summed E-state index contributed by atoms with van der Waals surface area (Å²) >= 11 is 0. The Hall–Kier alpha value is -2.89. The first-order chi connectivity index (χ1) is 11.0. The Bertz CT molecular complexity index is 965. The molecule has 0 atom stereocenters. The number of aryl methyl sites for hydroxylation is 2. The fraction of sp³-hybridized carbons (Fsp3) is 0.235. The van der Waals surface area contributed by atoms with Crippen molar-refractivity contribution in [2.45, 2.75) is 20.8 Å². The number of anilines is 1. The van der Waals surface area contributed by atoms with Gasteiger partial charge in [-0.15, -0.1) is 0 Å². The average molecular weight is 309 g/mol. The van der Waals surface area contributed by atoms with Crippen molar-refractivity contribution < 1.29 is 0 Å². The summed E-state index contributed by atoms with van der Waals surface area (Å²) in [6.45, 7) is 5.60. The van der Waals surface area contributed by atoms with Gasteiger partial charge in [0.15, 0.2) is 0 Å². The summed E-state index contributed by atoms with van der Waals surface area (Å²) in [7, 11) is 2.03. The molecule has 0 saturated carbocycles. The lowest BCUT2D eigenvalue weighted by Gasteiger charge is -2.02. The van der Waals surface area contributed by atoms with Gasteiger partial charge < -0.3 is 4.57 Å². The topological polar surface area (TPSA) is 75.1 Å². The van der Waals surface area contributed by atoms with Gasteiger partial charge in [-0.25, -0.2) is 10.4 Å². The van der Waals surface area contributed by atoms with E-state index in [9.17, 15) is 4.79 Å². The number of H-pyrrole nitrogens is 1. The van der Waals surface area contributed by atoms with Gasteiger partial charge in [0.1, 0.15) is 0 Å². The summed E-state index contributed by atoms with van der Waals surface area (Å²) in [6.07, 6.45) is 1.76. The maximum absolute atomic E-state index is 11.7. The van der Waals surface area contributed by atoms with E-state index in [0.29, 0.717) is 17.2 Å². The van der Waals surface area contributed by atoms with Crippen LogP contribution in [0.1, 0.15) is 22.5 Å². The highest BCUT2D eigenvalue weighted by molar-refractivity contribution is 6.01. The van der Waals surface area contributed by atoms with Crippen molar-refractivity contribution in [2.24, 2.45) is 12.1 Å². The second-order valence-corrected chi connectivity index (χ2v) is 5.57. The molecule has 23 heavy (non-hydrogen) atoms. The molecule has 3 rings (SSSR count). The summed E-state index contributed by atoms with van der Waals surface area (Å²) < 4.78 is 2.13. The zero-order chi connectivity index (χ0) is 16.6. The fourth-order valence-electron chi connectivity index (χ4n) is 2.57. The number of aromatic nitrogens is 3. The Balaban J connectivity index is 1.93. The molecule has 0 aliphatic rings. The fourth-order valence-corrected chi connectivity index (χ4v) is 2.57. The van der Waals surface area contributed by atoms with Crippen LogP contribution >= 0.6 is 0 Å². The van der Waals surface area contributed by atoms with Gasteiger partial charge in [0.2, 0.25) is 5.95 Å². The molecule has 6 heteroatoms. The molecular formula is C17H19N5O. The molecule has 0 radical (unpaired) electrons. The Labute approximate surface area is 133 Å². The number of para-hydroxylation sites is 1. The van der Waals surface area contributed by atoms with Gasteiger partial charge in [0.25, 0.3) is 5.56 Å². The molecule has 2 aromatic heterocycles. The van der Waals surface area contributed by atoms with Crippen LogP contribution < -0.4 is 11.0 Å². The lowest BCUT2D eigenvalue weighted by molar-refractivity contribution is 0.916. The Kier molecular flexibility index (Phi) is 3.73. The molecule has 0 saturated heterocycles. The van der Waals surface area contributed by atoms with Crippen molar-refractivity contribution in [2.75, 3.05) is 5.43 Å². The van der Waals surface area contributed by atoms with E-state index in [1.807, 2.05) is 19.2 Å². The number of benzene rings is 1. The summed E-state index contributed by atoms with van der Waals surface area (Å²) in [5.41, 5.74) is 7.27. The lowest BCUT2D eigenvalue weighted by Crippen LogP contribution is -2.15. The largest absolute Gasteiger partial charge is 0.347 e. The first-order valence-corrected chi connectivity index (χ1v) is 7.39. The van der Waals surface area contributed by atoms with Crippen molar-refractivity contribution in [3.05, 3.63) is 57.1 Å². The number of hydrogen-bond acceptors (Lipinski definition) is 4. The zero-order valence-corrected chi connectivity index (χ0v) is 13.6. The number of hydrogen-bond donors (Lipinski definition) is 2. The molecule has 0 unspecified atom stereocenters. The molecule has 1 aromatic carbocycles. The van der Waals surface area contributed by atoms with Crippen LogP contribution in [0.2, 0.25) is 0 Å². The van der Waals surface area contributed by atoms with Gasteiger partial charge in [-0.3, -0.25) is 9.78 Å². The smallest absolute Gasteiger partial charge is 0.255 e. The predicted molar refractivity (Wildman–Crippen MR) is 93.2 cm³/mol. The van der Waals surface area contributed by atoms with Crippen LogP contribution in [-0.2, 0) is 7.05 Å². The average Bonchev–Trinajstić information content (AvgIpc) is 2.78. The maximum Gasteiger partial charge on any atom is 0.255 e. The van der Waals surface area contributed by atoms with E-state index in [1.165, 1.54) is 0 Å². The van der Waals surface area contributed by atoms with Crippen LogP contribution in [0, 0.1) is 20.8 Å². The van der Waals surface area contributed by atoms with E-state index >= 15 is 0 Å². The highest BCUT2D eigenvalue weighted by Gasteiger charge is 2.09. The normalized spacial score (nSPS) is 11.5. The highest BCUT2D eigenvalue weighted by atomic mass is 16.1. The summed E-state index contributed by atoms with van der Waals surface area (Å²) in [5.74, 6) is 0.340. The third-order valence-electron chi connectivity index (χ3n) is 4.21. The van der Waals surface area contributed by atoms with Gasteiger partial charge in [-0.05, 0) is 26.8 Å². The van der Waals surface area contributed by atoms with Crippen LogP contribution in [0.4, 0.5) is 5.95 Å². The lowest BCUT2D eigenvalue weighted by atomic mass is 10.1. The molecule has 2 N–H and O–H groups in total. The minimum Gasteiger partial charge on any atom is -0.347 e. The SMILES string of the molecule is Cc1nc(N/N=C\c2c(C)n(C)c3ccccc23)[nH]c(=O)c1C. The molecule has 2 heterocycles. The highest BCUT2D eigenvalue weighted by Crippen LogP contribution is 2.23. The van der Waals surface area contributed by atoms with Crippen LogP contribution in [0.5, 0.6) is 0 Å². The third kappa shape index (κ3) is 2.63. The quantitative estimate of drug-likeness (QED) is 0.577. The van der Waals surface area contributed by atoms with Crippen molar-refractivity contribution in [1.82, 2.24) is 14.5 Å². The van der Waals surface area contributed by atoms with E-state index in [1.54, 1.807) is 20.1 Å². The zero-order valence-electron chi connectivity index (χ0n) is 13.6. The van der Waals surface area contributed by atoms with Gasteiger partial charge >= 0.3 is 0 Å². The van der Waals surface area contributed by atoms with Crippen molar-refractivity contribution in [3.8, 4) is 0 Å². The third-order valence-corrected chi connectivity index (χ3v) is 4.21. The van der Waals surface area contributed by atoms with E-state index in [0.717, 1.165) is 22.2 Å². The van der Waals surface area contributed by atoms with E-state index < -0.39 is 0 Å². The monoisotopic (exact) mass is 309 g/mol. The Morgan fingerprint density at radius 2 is 2.00 bits per heavy atom. The van der Waals surface area contributed by atoms with Crippen molar-refractivity contribution in [3.63, 3.8) is 0 Å². The standard InChI is InChI=1S/C17H19N5O/c1-10-11(2)19-17(20-16(10)23)21-18-9-14-12(3)22(4)15-8-6-5-7-13(14)15/h5-9H,1-4H3,(H2,19,20,21,23)/b18-9-. The molecule has 0 spiro atoms. The van der Waals surface area contributed by atoms with Crippen LogP contribution in [0.3, 0.4) is 0 Å². The number of hydrazone groups is 1. The van der Waals surface area contributed by atoms with Gasteiger partial charge in [0, 0.05) is 40.5 Å². The number of fused-ring (bicyclic) bond motifs is 1. The molecular weight excluding hydrogens is 290 g/mol. The van der Waals surface area contributed by atoms with Gasteiger partial charge in [0.05, 0.1) is 6.21 Å². The van der Waals surface area contributed by atoms with Crippen LogP contribution in [-0.4, -0.2) is 20.7 Å². The second-order valence-electron chi connectivity index (χ2n) is 5.57. The van der Waals surface area contributed by atoms with Crippen LogP contribution in [0.25, 0.3) is 10.9 Å². The van der Waals surface area contributed by atoms with E-state index in [2.05, 4.69) is 44.1 Å². The molecule has 0 bridgehead atoms. The number of nitrogens with zero attached hydrogens (tertiary/aromatic N) is 3. The number of aromatic amines is 1.